The van der Waals surface area contributed by atoms with Crippen LogP contribution in [0, 0.1) is 6.92 Å². The summed E-state index contributed by atoms with van der Waals surface area (Å²) in [6.07, 6.45) is 0. The van der Waals surface area contributed by atoms with Gasteiger partial charge in [-0.15, -0.1) is 0 Å². The van der Waals surface area contributed by atoms with E-state index in [-0.39, 0.29) is 12.1 Å². The molecule has 2 unspecified atom stereocenters. The summed E-state index contributed by atoms with van der Waals surface area (Å²) in [5.41, 5.74) is 1.83. The highest BCUT2D eigenvalue weighted by molar-refractivity contribution is 7.89. The number of piperazine rings is 1. The van der Waals surface area contributed by atoms with Gasteiger partial charge in [0.15, 0.2) is 0 Å². The Morgan fingerprint density at radius 2 is 1.62 bits per heavy atom. The van der Waals surface area contributed by atoms with Crippen LogP contribution in [0.1, 0.15) is 19.4 Å². The Morgan fingerprint density at radius 3 is 2.15 bits per heavy atom. The normalized spacial score (nSPS) is 21.6. The molecular weight excluding hydrogens is 348 g/mol. The molecule has 0 bridgehead atoms. The topological polar surface area (TPSA) is 49.9 Å². The largest absolute Gasteiger partial charge is 0.497 e. The maximum Gasteiger partial charge on any atom is 0.243 e. The minimum absolute atomic E-state index is 0.0921. The molecule has 1 fully saturated rings. The summed E-state index contributed by atoms with van der Waals surface area (Å²) in [6, 6.07) is 15.5. The molecule has 3 rings (SSSR count). The third kappa shape index (κ3) is 3.44. The van der Waals surface area contributed by atoms with Crippen molar-refractivity contribution in [1.82, 2.24) is 4.31 Å². The van der Waals surface area contributed by atoms with E-state index in [1.165, 1.54) is 0 Å². The number of para-hydroxylation sites is 1. The molecule has 0 spiro atoms. The second kappa shape index (κ2) is 7.29. The van der Waals surface area contributed by atoms with Crippen LogP contribution < -0.4 is 9.64 Å². The number of methoxy groups -OCH3 is 1. The Balaban J connectivity index is 1.87. The van der Waals surface area contributed by atoms with Gasteiger partial charge in [0.1, 0.15) is 5.75 Å². The van der Waals surface area contributed by atoms with E-state index in [9.17, 15) is 8.42 Å². The van der Waals surface area contributed by atoms with Crippen molar-refractivity contribution >= 4 is 15.7 Å². The Bertz CT molecular complexity index is 856. The van der Waals surface area contributed by atoms with E-state index in [1.807, 2.05) is 25.1 Å². The molecule has 5 nitrogen and oxygen atoms in total. The van der Waals surface area contributed by atoms with Crippen LogP contribution in [-0.2, 0) is 10.0 Å². The van der Waals surface area contributed by atoms with E-state index in [1.54, 1.807) is 29.6 Å². The number of hydrogen-bond acceptors (Lipinski definition) is 4. The van der Waals surface area contributed by atoms with E-state index in [4.69, 9.17) is 4.74 Å². The maximum absolute atomic E-state index is 13.2. The fourth-order valence-corrected chi connectivity index (χ4v) is 5.56. The van der Waals surface area contributed by atoms with Crippen LogP contribution in [0.3, 0.4) is 0 Å². The van der Waals surface area contributed by atoms with Crippen molar-refractivity contribution in [2.45, 2.75) is 37.8 Å². The zero-order valence-corrected chi connectivity index (χ0v) is 16.5. The van der Waals surface area contributed by atoms with Crippen molar-refractivity contribution in [1.29, 1.82) is 0 Å². The van der Waals surface area contributed by atoms with E-state index in [2.05, 4.69) is 30.9 Å². The van der Waals surface area contributed by atoms with Crippen LogP contribution in [0.2, 0.25) is 0 Å². The van der Waals surface area contributed by atoms with Crippen molar-refractivity contribution in [2.75, 3.05) is 25.1 Å². The quantitative estimate of drug-likeness (QED) is 0.824. The second-order valence-corrected chi connectivity index (χ2v) is 8.80. The minimum Gasteiger partial charge on any atom is -0.497 e. The molecule has 0 saturated carbocycles. The van der Waals surface area contributed by atoms with Crippen molar-refractivity contribution in [3.8, 4) is 5.75 Å². The van der Waals surface area contributed by atoms with Gasteiger partial charge in [-0.2, -0.15) is 4.31 Å². The fraction of sp³-hybridized carbons (Fsp3) is 0.400. The molecule has 2 atom stereocenters. The minimum atomic E-state index is -3.54. The van der Waals surface area contributed by atoms with E-state index in [0.717, 1.165) is 5.69 Å². The molecule has 0 amide bonds. The lowest BCUT2D eigenvalue weighted by Crippen LogP contribution is -2.58. The molecule has 6 heteroatoms. The summed E-state index contributed by atoms with van der Waals surface area (Å²) in [7, 11) is -1.96. The zero-order valence-electron chi connectivity index (χ0n) is 15.7. The van der Waals surface area contributed by atoms with Gasteiger partial charge in [0.05, 0.1) is 12.0 Å². The summed E-state index contributed by atoms with van der Waals surface area (Å²) in [5, 5.41) is 0. The van der Waals surface area contributed by atoms with Crippen LogP contribution >= 0.6 is 0 Å². The lowest BCUT2D eigenvalue weighted by Gasteiger charge is -2.45. The van der Waals surface area contributed by atoms with Crippen molar-refractivity contribution < 1.29 is 13.2 Å². The number of sulfonamides is 1. The first kappa shape index (κ1) is 18.7. The fourth-order valence-electron chi connectivity index (χ4n) is 3.76. The first-order valence-electron chi connectivity index (χ1n) is 8.82. The summed E-state index contributed by atoms with van der Waals surface area (Å²) in [6.45, 7) is 6.89. The Kier molecular flexibility index (Phi) is 5.25. The van der Waals surface area contributed by atoms with Crippen LogP contribution in [0.5, 0.6) is 5.75 Å². The van der Waals surface area contributed by atoms with Crippen LogP contribution in [-0.4, -0.2) is 45.0 Å². The van der Waals surface area contributed by atoms with Gasteiger partial charge in [-0.25, -0.2) is 8.42 Å². The molecule has 2 aromatic rings. The lowest BCUT2D eigenvalue weighted by molar-refractivity contribution is 0.301. The molecule has 1 aliphatic heterocycles. The van der Waals surface area contributed by atoms with Crippen molar-refractivity contribution in [2.24, 2.45) is 0 Å². The van der Waals surface area contributed by atoms with Crippen molar-refractivity contribution in [3.05, 3.63) is 54.1 Å². The SMILES string of the molecule is COc1ccc(S(=O)(=O)N2CC(C)N(c3ccccc3)C(C)C2)c(C)c1. The highest BCUT2D eigenvalue weighted by Gasteiger charge is 2.36. The van der Waals surface area contributed by atoms with Crippen LogP contribution in [0.15, 0.2) is 53.4 Å². The van der Waals surface area contributed by atoms with E-state index < -0.39 is 10.0 Å². The molecule has 0 N–H and O–H groups in total. The Labute approximate surface area is 156 Å². The van der Waals surface area contributed by atoms with Gasteiger partial charge in [-0.1, -0.05) is 18.2 Å². The third-order valence-corrected chi connectivity index (χ3v) is 6.93. The number of anilines is 1. The van der Waals surface area contributed by atoms with Crippen LogP contribution in [0.4, 0.5) is 5.69 Å². The van der Waals surface area contributed by atoms with Gasteiger partial charge < -0.3 is 9.64 Å². The number of rotatable bonds is 4. The number of benzene rings is 2. The Hall–Kier alpha value is -2.05. The standard InChI is InChI=1S/C20H26N2O3S/c1-15-12-19(25-4)10-11-20(15)26(23,24)21-13-16(2)22(17(3)14-21)18-8-6-5-7-9-18/h5-12,16-17H,13-14H2,1-4H3. The average Bonchev–Trinajstić information content (AvgIpc) is 2.61. The van der Waals surface area contributed by atoms with Gasteiger partial charge >= 0.3 is 0 Å². The molecule has 0 aromatic heterocycles. The van der Waals surface area contributed by atoms with Gasteiger partial charge in [0, 0.05) is 30.9 Å². The molecule has 140 valence electrons. The smallest absolute Gasteiger partial charge is 0.243 e. The molecule has 1 saturated heterocycles. The highest BCUT2D eigenvalue weighted by Crippen LogP contribution is 2.29. The highest BCUT2D eigenvalue weighted by atomic mass is 32.2. The van der Waals surface area contributed by atoms with Gasteiger partial charge in [-0.3, -0.25) is 0 Å². The molecule has 1 heterocycles. The predicted octanol–water partition coefficient (Wildman–Crippen LogP) is 3.29. The van der Waals surface area contributed by atoms with Gasteiger partial charge in [0.2, 0.25) is 10.0 Å². The van der Waals surface area contributed by atoms with E-state index >= 15 is 0 Å². The maximum atomic E-state index is 13.2. The number of hydrogen-bond donors (Lipinski definition) is 0. The summed E-state index contributed by atoms with van der Waals surface area (Å²) in [4.78, 5) is 2.65. The monoisotopic (exact) mass is 374 g/mol. The molecule has 2 aromatic carbocycles. The molecule has 1 aliphatic rings. The second-order valence-electron chi connectivity index (χ2n) is 6.89. The summed E-state index contributed by atoms with van der Waals surface area (Å²) >= 11 is 0. The summed E-state index contributed by atoms with van der Waals surface area (Å²) in [5.74, 6) is 0.664. The third-order valence-electron chi connectivity index (χ3n) is 4.94. The average molecular weight is 375 g/mol. The molecule has 0 aliphatic carbocycles. The lowest BCUT2D eigenvalue weighted by atomic mass is 10.1. The predicted molar refractivity (Wildman–Crippen MR) is 104 cm³/mol. The van der Waals surface area contributed by atoms with E-state index in [0.29, 0.717) is 29.3 Å². The molecular formula is C20H26N2O3S. The Morgan fingerprint density at radius 1 is 1.00 bits per heavy atom. The van der Waals surface area contributed by atoms with Gasteiger partial charge in [-0.05, 0) is 56.7 Å². The van der Waals surface area contributed by atoms with Crippen LogP contribution in [0.25, 0.3) is 0 Å². The van der Waals surface area contributed by atoms with Crippen molar-refractivity contribution in [3.63, 3.8) is 0 Å². The zero-order chi connectivity index (χ0) is 18.9. The molecule has 0 radical (unpaired) electrons. The number of nitrogens with zero attached hydrogens (tertiary/aromatic N) is 2. The van der Waals surface area contributed by atoms with Gasteiger partial charge in [0.25, 0.3) is 0 Å². The summed E-state index contributed by atoms with van der Waals surface area (Å²) < 4.78 is 33.2. The number of ether oxygens (including phenoxy) is 1. The number of aryl methyl sites for hydroxylation is 1. The molecule has 26 heavy (non-hydrogen) atoms. The first-order chi connectivity index (χ1) is 12.3. The first-order valence-corrected chi connectivity index (χ1v) is 10.3.